The van der Waals surface area contributed by atoms with Crippen molar-refractivity contribution in [1.29, 1.82) is 0 Å². The molecule has 2 aromatic carbocycles. The summed E-state index contributed by atoms with van der Waals surface area (Å²) in [5.41, 5.74) is 2.84. The van der Waals surface area contributed by atoms with Crippen LogP contribution in [0.2, 0.25) is 0 Å². The first-order valence-electron chi connectivity index (χ1n) is 13.7. The zero-order chi connectivity index (χ0) is 22.5. The highest BCUT2D eigenvalue weighted by molar-refractivity contribution is 5.17. The second-order valence-corrected chi connectivity index (χ2v) is 9.63. The van der Waals surface area contributed by atoms with Gasteiger partial charge in [-0.2, -0.15) is 0 Å². The molecule has 0 aliphatic carbocycles. The smallest absolute Gasteiger partial charge is 0.0237 e. The SMILES string of the molecule is CCCCCCCCCCCCCCCCCN(Cc1ccccc1)Cc1ccccc1. The molecule has 0 N–H and O–H groups in total. The maximum atomic E-state index is 2.62. The van der Waals surface area contributed by atoms with Gasteiger partial charge in [-0.1, -0.05) is 157 Å². The number of hydrogen-bond acceptors (Lipinski definition) is 1. The van der Waals surface area contributed by atoms with Crippen LogP contribution in [0.3, 0.4) is 0 Å². The third-order valence-electron chi connectivity index (χ3n) is 6.58. The molecular weight excluding hydrogens is 386 g/mol. The highest BCUT2D eigenvalue weighted by Crippen LogP contribution is 2.15. The molecule has 1 nitrogen and oxygen atoms in total. The number of nitrogens with zero attached hydrogens (tertiary/aromatic N) is 1. The second-order valence-electron chi connectivity index (χ2n) is 9.63. The number of unbranched alkanes of at least 4 members (excludes halogenated alkanes) is 14. The van der Waals surface area contributed by atoms with Gasteiger partial charge in [-0.3, -0.25) is 4.90 Å². The molecule has 0 aromatic heterocycles. The van der Waals surface area contributed by atoms with Crippen LogP contribution in [-0.4, -0.2) is 11.4 Å². The molecule has 0 atom stereocenters. The van der Waals surface area contributed by atoms with Gasteiger partial charge in [0.25, 0.3) is 0 Å². The van der Waals surface area contributed by atoms with Crippen molar-refractivity contribution in [2.24, 2.45) is 0 Å². The van der Waals surface area contributed by atoms with Crippen molar-refractivity contribution in [2.45, 2.75) is 116 Å². The topological polar surface area (TPSA) is 3.24 Å². The van der Waals surface area contributed by atoms with Crippen molar-refractivity contribution >= 4 is 0 Å². The highest BCUT2D eigenvalue weighted by atomic mass is 15.1. The normalized spacial score (nSPS) is 11.3. The molecule has 0 aliphatic heterocycles. The van der Waals surface area contributed by atoms with E-state index in [1.165, 1.54) is 114 Å². The third kappa shape index (κ3) is 13.7. The molecule has 0 amide bonds. The van der Waals surface area contributed by atoms with Crippen LogP contribution in [0.1, 0.15) is 114 Å². The van der Waals surface area contributed by atoms with Gasteiger partial charge in [-0.15, -0.1) is 0 Å². The van der Waals surface area contributed by atoms with Gasteiger partial charge in [-0.25, -0.2) is 0 Å². The highest BCUT2D eigenvalue weighted by Gasteiger charge is 2.07. The van der Waals surface area contributed by atoms with Crippen molar-refractivity contribution < 1.29 is 0 Å². The first kappa shape index (κ1) is 26.7. The van der Waals surface area contributed by atoms with E-state index in [-0.39, 0.29) is 0 Å². The summed E-state index contributed by atoms with van der Waals surface area (Å²) in [4.78, 5) is 2.62. The Morgan fingerprint density at radius 1 is 0.438 bits per heavy atom. The summed E-state index contributed by atoms with van der Waals surface area (Å²) < 4.78 is 0. The Bertz CT molecular complexity index is 595. The Morgan fingerprint density at radius 2 is 0.781 bits per heavy atom. The van der Waals surface area contributed by atoms with Gasteiger partial charge in [0, 0.05) is 13.1 Å². The summed E-state index contributed by atoms with van der Waals surface area (Å²) >= 11 is 0. The van der Waals surface area contributed by atoms with Crippen LogP contribution in [0.15, 0.2) is 60.7 Å². The number of rotatable bonds is 20. The van der Waals surface area contributed by atoms with Gasteiger partial charge >= 0.3 is 0 Å². The van der Waals surface area contributed by atoms with E-state index in [4.69, 9.17) is 0 Å². The van der Waals surface area contributed by atoms with Crippen LogP contribution in [0.25, 0.3) is 0 Å². The van der Waals surface area contributed by atoms with Gasteiger partial charge in [0.15, 0.2) is 0 Å². The Morgan fingerprint density at radius 3 is 1.16 bits per heavy atom. The number of hydrogen-bond donors (Lipinski definition) is 0. The van der Waals surface area contributed by atoms with Gasteiger partial charge < -0.3 is 0 Å². The van der Waals surface area contributed by atoms with Crippen LogP contribution >= 0.6 is 0 Å². The first-order chi connectivity index (χ1) is 15.9. The molecule has 0 saturated carbocycles. The van der Waals surface area contributed by atoms with Gasteiger partial charge in [0.2, 0.25) is 0 Å². The molecule has 0 spiro atoms. The quantitative estimate of drug-likeness (QED) is 0.187. The monoisotopic (exact) mass is 435 g/mol. The lowest BCUT2D eigenvalue weighted by molar-refractivity contribution is 0.250. The molecule has 1 heteroatoms. The van der Waals surface area contributed by atoms with Gasteiger partial charge in [0.05, 0.1) is 0 Å². The van der Waals surface area contributed by atoms with Gasteiger partial charge in [0.1, 0.15) is 0 Å². The lowest BCUT2D eigenvalue weighted by atomic mass is 10.0. The molecule has 0 heterocycles. The molecule has 0 radical (unpaired) electrons. The maximum Gasteiger partial charge on any atom is 0.0237 e. The predicted octanol–water partition coefficient (Wildman–Crippen LogP) is 9.56. The average molecular weight is 436 g/mol. The van der Waals surface area contributed by atoms with Crippen molar-refractivity contribution in [3.8, 4) is 0 Å². The van der Waals surface area contributed by atoms with Crippen molar-refractivity contribution in [3.05, 3.63) is 71.8 Å². The van der Waals surface area contributed by atoms with Crippen molar-refractivity contribution in [2.75, 3.05) is 6.54 Å². The van der Waals surface area contributed by atoms with E-state index in [0.717, 1.165) is 13.1 Å². The Labute approximate surface area is 199 Å². The molecule has 2 rings (SSSR count). The third-order valence-corrected chi connectivity index (χ3v) is 6.58. The fourth-order valence-electron chi connectivity index (χ4n) is 4.60. The Hall–Kier alpha value is -1.60. The Balaban J connectivity index is 1.49. The average Bonchev–Trinajstić information content (AvgIpc) is 2.83. The summed E-state index contributed by atoms with van der Waals surface area (Å²) in [6, 6.07) is 21.9. The van der Waals surface area contributed by atoms with E-state index in [1.807, 2.05) is 0 Å². The summed E-state index contributed by atoms with van der Waals surface area (Å²) in [5.74, 6) is 0. The van der Waals surface area contributed by atoms with Crippen LogP contribution < -0.4 is 0 Å². The zero-order valence-electron chi connectivity index (χ0n) is 20.9. The van der Waals surface area contributed by atoms with Crippen LogP contribution in [0.4, 0.5) is 0 Å². The minimum Gasteiger partial charge on any atom is -0.295 e. The zero-order valence-corrected chi connectivity index (χ0v) is 20.9. The van der Waals surface area contributed by atoms with Crippen LogP contribution in [0.5, 0.6) is 0 Å². The second kappa shape index (κ2) is 18.9. The first-order valence-corrected chi connectivity index (χ1v) is 13.7. The van der Waals surface area contributed by atoms with E-state index in [0.29, 0.717) is 0 Å². The molecule has 0 unspecified atom stereocenters. The molecule has 178 valence electrons. The molecule has 32 heavy (non-hydrogen) atoms. The number of benzene rings is 2. The fourth-order valence-corrected chi connectivity index (χ4v) is 4.60. The summed E-state index contributed by atoms with van der Waals surface area (Å²) in [6.45, 7) is 5.59. The minimum absolute atomic E-state index is 1.05. The predicted molar refractivity (Wildman–Crippen MR) is 142 cm³/mol. The standard InChI is InChI=1S/C31H49N/c1-2-3-4-5-6-7-8-9-10-11-12-13-14-15-22-27-32(28-30-23-18-16-19-24-30)29-31-25-20-17-21-26-31/h16-21,23-26H,2-15,22,27-29H2,1H3. The Kier molecular flexibility index (Phi) is 15.8. The molecule has 0 fully saturated rings. The minimum atomic E-state index is 1.05. The van der Waals surface area contributed by atoms with E-state index in [9.17, 15) is 0 Å². The van der Waals surface area contributed by atoms with Crippen LogP contribution in [-0.2, 0) is 13.1 Å². The molecule has 0 aliphatic rings. The lowest BCUT2D eigenvalue weighted by Gasteiger charge is -2.22. The van der Waals surface area contributed by atoms with Crippen molar-refractivity contribution in [1.82, 2.24) is 4.90 Å². The summed E-state index contributed by atoms with van der Waals surface area (Å²) in [7, 11) is 0. The molecule has 2 aromatic rings. The summed E-state index contributed by atoms with van der Waals surface area (Å²) in [6.07, 6.45) is 21.4. The molecule has 0 bridgehead atoms. The van der Waals surface area contributed by atoms with Gasteiger partial charge in [-0.05, 0) is 24.1 Å². The van der Waals surface area contributed by atoms with E-state index in [2.05, 4.69) is 72.5 Å². The summed E-state index contributed by atoms with van der Waals surface area (Å²) in [5, 5.41) is 0. The van der Waals surface area contributed by atoms with E-state index in [1.54, 1.807) is 0 Å². The fraction of sp³-hybridized carbons (Fsp3) is 0.613. The van der Waals surface area contributed by atoms with Crippen molar-refractivity contribution in [3.63, 3.8) is 0 Å². The maximum absolute atomic E-state index is 2.62. The molecule has 0 saturated heterocycles. The lowest BCUT2D eigenvalue weighted by Crippen LogP contribution is -2.24. The van der Waals surface area contributed by atoms with E-state index >= 15 is 0 Å². The van der Waals surface area contributed by atoms with Crippen LogP contribution in [0, 0.1) is 0 Å². The molecular formula is C31H49N. The van der Waals surface area contributed by atoms with E-state index < -0.39 is 0 Å². The largest absolute Gasteiger partial charge is 0.295 e.